The van der Waals surface area contributed by atoms with Crippen LogP contribution in [0.4, 0.5) is 14.5 Å². The summed E-state index contributed by atoms with van der Waals surface area (Å²) < 4.78 is 32.2. The molecule has 0 bridgehead atoms. The molecule has 0 aliphatic carbocycles. The summed E-state index contributed by atoms with van der Waals surface area (Å²) >= 11 is 0. The first-order chi connectivity index (χ1) is 9.86. The molecule has 1 aromatic carbocycles. The van der Waals surface area contributed by atoms with Crippen LogP contribution in [0.5, 0.6) is 0 Å². The van der Waals surface area contributed by atoms with Gasteiger partial charge < -0.3 is 9.64 Å². The van der Waals surface area contributed by atoms with Crippen LogP contribution < -0.4 is 4.90 Å². The van der Waals surface area contributed by atoms with Crippen molar-refractivity contribution in [1.82, 2.24) is 4.90 Å². The van der Waals surface area contributed by atoms with E-state index >= 15 is 0 Å². The summed E-state index contributed by atoms with van der Waals surface area (Å²) in [5.74, 6) is -1.63. The zero-order valence-corrected chi connectivity index (χ0v) is 12.5. The molecule has 0 radical (unpaired) electrons. The minimum atomic E-state index is -0.741. The quantitative estimate of drug-likeness (QED) is 0.856. The molecule has 1 aliphatic heterocycles. The van der Waals surface area contributed by atoms with Gasteiger partial charge in [0, 0.05) is 26.2 Å². The van der Waals surface area contributed by atoms with E-state index < -0.39 is 11.6 Å². The molecule has 4 nitrogen and oxygen atoms in total. The molecule has 21 heavy (non-hydrogen) atoms. The number of hydrogen-bond donors (Lipinski definition) is 0. The summed E-state index contributed by atoms with van der Waals surface area (Å²) in [5.41, 5.74) is 0.0794. The molecule has 2 atom stereocenters. The van der Waals surface area contributed by atoms with Gasteiger partial charge in [0.05, 0.1) is 24.4 Å². The second-order valence-electron chi connectivity index (χ2n) is 5.50. The van der Waals surface area contributed by atoms with Crippen LogP contribution in [-0.2, 0) is 9.53 Å². The lowest BCUT2D eigenvalue weighted by molar-refractivity contribution is -0.123. The number of nitrogens with zero attached hydrogens (tertiary/aromatic N) is 2. The molecular weight excluding hydrogens is 278 g/mol. The van der Waals surface area contributed by atoms with Crippen LogP contribution in [0.15, 0.2) is 18.2 Å². The topological polar surface area (TPSA) is 32.8 Å². The van der Waals surface area contributed by atoms with E-state index in [0.717, 1.165) is 12.1 Å². The Morgan fingerprint density at radius 2 is 1.95 bits per heavy atom. The van der Waals surface area contributed by atoms with E-state index in [2.05, 4.69) is 0 Å². The van der Waals surface area contributed by atoms with Crippen LogP contribution >= 0.6 is 0 Å². The van der Waals surface area contributed by atoms with Gasteiger partial charge in [0.25, 0.3) is 0 Å². The first-order valence-corrected chi connectivity index (χ1v) is 6.96. The number of amides is 1. The Bertz CT molecular complexity index is 514. The number of morpholine rings is 1. The van der Waals surface area contributed by atoms with E-state index in [0.29, 0.717) is 13.1 Å². The number of benzene rings is 1. The van der Waals surface area contributed by atoms with Gasteiger partial charge in [-0.05, 0) is 26.0 Å². The van der Waals surface area contributed by atoms with Crippen LogP contribution in [0.25, 0.3) is 0 Å². The van der Waals surface area contributed by atoms with E-state index in [-0.39, 0.29) is 30.3 Å². The average molecular weight is 298 g/mol. The monoisotopic (exact) mass is 298 g/mol. The second kappa shape index (κ2) is 6.49. The van der Waals surface area contributed by atoms with Gasteiger partial charge in [-0.2, -0.15) is 0 Å². The fourth-order valence-electron chi connectivity index (χ4n) is 2.60. The summed E-state index contributed by atoms with van der Waals surface area (Å²) in [4.78, 5) is 15.5. The summed E-state index contributed by atoms with van der Waals surface area (Å²) in [6.45, 7) is 5.42. The van der Waals surface area contributed by atoms with E-state index in [4.69, 9.17) is 4.74 Å². The van der Waals surface area contributed by atoms with E-state index in [1.54, 1.807) is 0 Å². The fraction of sp³-hybridized carbons (Fsp3) is 0.533. The standard InChI is InChI=1S/C15H20F2N2O2/c1-10-7-19(8-11(2)21-10)9-15(20)18(3)14-5-4-12(16)6-13(14)17/h4-6,10-11H,7-9H2,1-3H3. The number of ether oxygens (including phenoxy) is 1. The number of rotatable bonds is 3. The Hall–Kier alpha value is -1.53. The van der Waals surface area contributed by atoms with Crippen LogP contribution in [-0.4, -0.2) is 49.7 Å². The van der Waals surface area contributed by atoms with Crippen molar-refractivity contribution in [2.75, 3.05) is 31.6 Å². The third kappa shape index (κ3) is 3.98. The lowest BCUT2D eigenvalue weighted by Crippen LogP contribution is -2.49. The maximum Gasteiger partial charge on any atom is 0.240 e. The third-order valence-electron chi connectivity index (χ3n) is 3.50. The average Bonchev–Trinajstić information content (AvgIpc) is 2.36. The SMILES string of the molecule is CC1CN(CC(=O)N(C)c2ccc(F)cc2F)CC(C)O1. The smallest absolute Gasteiger partial charge is 0.240 e. The van der Waals surface area contributed by atoms with Crippen molar-refractivity contribution in [2.24, 2.45) is 0 Å². The van der Waals surface area contributed by atoms with Crippen molar-refractivity contribution in [3.05, 3.63) is 29.8 Å². The largest absolute Gasteiger partial charge is 0.373 e. The molecule has 2 unspecified atom stereocenters. The van der Waals surface area contributed by atoms with Crippen LogP contribution in [0, 0.1) is 11.6 Å². The van der Waals surface area contributed by atoms with Gasteiger partial charge >= 0.3 is 0 Å². The lowest BCUT2D eigenvalue weighted by atomic mass is 10.2. The van der Waals surface area contributed by atoms with Crippen molar-refractivity contribution < 1.29 is 18.3 Å². The van der Waals surface area contributed by atoms with Crippen molar-refractivity contribution in [3.63, 3.8) is 0 Å². The number of hydrogen-bond acceptors (Lipinski definition) is 3. The highest BCUT2D eigenvalue weighted by Gasteiger charge is 2.25. The van der Waals surface area contributed by atoms with Gasteiger partial charge in [0.15, 0.2) is 0 Å². The maximum absolute atomic E-state index is 13.7. The number of halogens is 2. The minimum Gasteiger partial charge on any atom is -0.373 e. The highest BCUT2D eigenvalue weighted by molar-refractivity contribution is 5.94. The van der Waals surface area contributed by atoms with E-state index in [1.807, 2.05) is 18.7 Å². The molecule has 0 spiro atoms. The molecule has 6 heteroatoms. The zero-order valence-electron chi connectivity index (χ0n) is 12.5. The maximum atomic E-state index is 13.7. The van der Waals surface area contributed by atoms with Gasteiger partial charge in [-0.15, -0.1) is 0 Å². The summed E-state index contributed by atoms with van der Waals surface area (Å²) in [5, 5.41) is 0. The van der Waals surface area contributed by atoms with E-state index in [1.165, 1.54) is 18.0 Å². The highest BCUT2D eigenvalue weighted by Crippen LogP contribution is 2.19. The van der Waals surface area contributed by atoms with Crippen LogP contribution in [0.1, 0.15) is 13.8 Å². The predicted molar refractivity (Wildman–Crippen MR) is 76.2 cm³/mol. The van der Waals surface area contributed by atoms with Crippen LogP contribution in [0.3, 0.4) is 0 Å². The molecule has 1 aliphatic rings. The number of carbonyl (C=O) groups is 1. The summed E-state index contributed by atoms with van der Waals surface area (Å²) in [6, 6.07) is 3.19. The summed E-state index contributed by atoms with van der Waals surface area (Å²) in [6.07, 6.45) is 0.129. The lowest BCUT2D eigenvalue weighted by Gasteiger charge is -2.35. The normalized spacial score (nSPS) is 23.1. The first-order valence-electron chi connectivity index (χ1n) is 6.96. The number of anilines is 1. The predicted octanol–water partition coefficient (Wildman–Crippen LogP) is 2.04. The molecule has 0 saturated carbocycles. The molecule has 1 amide bonds. The van der Waals surface area contributed by atoms with Gasteiger partial charge in [-0.3, -0.25) is 9.69 Å². The van der Waals surface area contributed by atoms with Crippen molar-refractivity contribution in [1.29, 1.82) is 0 Å². The Morgan fingerprint density at radius 3 is 2.52 bits per heavy atom. The third-order valence-corrected chi connectivity index (χ3v) is 3.50. The molecule has 1 aromatic rings. The van der Waals surface area contributed by atoms with Gasteiger partial charge in [0.2, 0.25) is 5.91 Å². The number of carbonyl (C=O) groups excluding carboxylic acids is 1. The Kier molecular flexibility index (Phi) is 4.90. The minimum absolute atomic E-state index is 0.0643. The second-order valence-corrected chi connectivity index (χ2v) is 5.50. The Balaban J connectivity index is 2.02. The van der Waals surface area contributed by atoms with Gasteiger partial charge in [-0.25, -0.2) is 8.78 Å². The zero-order chi connectivity index (χ0) is 15.6. The van der Waals surface area contributed by atoms with Crippen molar-refractivity contribution in [3.8, 4) is 0 Å². The highest BCUT2D eigenvalue weighted by atomic mass is 19.1. The molecule has 2 rings (SSSR count). The van der Waals surface area contributed by atoms with Gasteiger partial charge in [0.1, 0.15) is 11.6 Å². The van der Waals surface area contributed by atoms with Crippen molar-refractivity contribution in [2.45, 2.75) is 26.1 Å². The molecule has 1 saturated heterocycles. The van der Waals surface area contributed by atoms with Gasteiger partial charge in [-0.1, -0.05) is 0 Å². The first kappa shape index (κ1) is 15.9. The Labute approximate surface area is 123 Å². The van der Waals surface area contributed by atoms with Crippen molar-refractivity contribution >= 4 is 11.6 Å². The number of likely N-dealkylation sites (N-methyl/N-ethyl adjacent to an activating group) is 1. The Morgan fingerprint density at radius 1 is 1.33 bits per heavy atom. The molecule has 0 aromatic heterocycles. The molecular formula is C15H20F2N2O2. The molecule has 0 N–H and O–H groups in total. The summed E-state index contributed by atoms with van der Waals surface area (Å²) in [7, 11) is 1.49. The fourth-order valence-corrected chi connectivity index (χ4v) is 2.60. The molecule has 116 valence electrons. The molecule has 1 heterocycles. The van der Waals surface area contributed by atoms with Crippen LogP contribution in [0.2, 0.25) is 0 Å². The van der Waals surface area contributed by atoms with E-state index in [9.17, 15) is 13.6 Å². The molecule has 1 fully saturated rings.